The summed E-state index contributed by atoms with van der Waals surface area (Å²) in [4.78, 5) is 12.0. The molecular weight excluding hydrogens is 344 g/mol. The third kappa shape index (κ3) is 3.79. The maximum atomic E-state index is 12.0. The summed E-state index contributed by atoms with van der Waals surface area (Å²) in [5.41, 5.74) is 1.35. The summed E-state index contributed by atoms with van der Waals surface area (Å²) >= 11 is 2.74. The van der Waals surface area contributed by atoms with E-state index in [1.807, 2.05) is 36.4 Å². The van der Waals surface area contributed by atoms with Crippen molar-refractivity contribution < 1.29 is 4.79 Å². The molecule has 2 aromatic heterocycles. The van der Waals surface area contributed by atoms with E-state index >= 15 is 0 Å². The molecule has 0 saturated heterocycles. The van der Waals surface area contributed by atoms with Gasteiger partial charge >= 0.3 is 0 Å². The summed E-state index contributed by atoms with van der Waals surface area (Å²) in [5, 5.41) is 26.3. The Balaban J connectivity index is 1.55. The molecule has 24 heavy (non-hydrogen) atoms. The Labute approximate surface area is 146 Å². The molecule has 0 saturated carbocycles. The number of tetrazole rings is 1. The van der Waals surface area contributed by atoms with Crippen LogP contribution in [-0.2, 0) is 4.79 Å². The Hall–Kier alpha value is -2.70. The van der Waals surface area contributed by atoms with Crippen molar-refractivity contribution in [3.8, 4) is 11.8 Å². The largest absolute Gasteiger partial charge is 0.317 e. The fourth-order valence-corrected chi connectivity index (χ4v) is 3.50. The molecule has 0 fully saturated rings. The first kappa shape index (κ1) is 16.2. The molecule has 7 nitrogen and oxygen atoms in total. The van der Waals surface area contributed by atoms with Gasteiger partial charge in [-0.1, -0.05) is 30.0 Å². The van der Waals surface area contributed by atoms with Crippen molar-refractivity contribution in [2.45, 2.75) is 11.6 Å². The topological polar surface area (TPSA) is 96.5 Å². The summed E-state index contributed by atoms with van der Waals surface area (Å²) in [6, 6.07) is 13.3. The van der Waals surface area contributed by atoms with Gasteiger partial charge in [0.25, 0.3) is 0 Å². The van der Waals surface area contributed by atoms with Crippen LogP contribution in [0.1, 0.15) is 12.0 Å². The number of para-hydroxylation sites is 1. The van der Waals surface area contributed by atoms with Crippen molar-refractivity contribution in [1.29, 1.82) is 5.26 Å². The van der Waals surface area contributed by atoms with Gasteiger partial charge in [0.2, 0.25) is 11.1 Å². The SMILES string of the molecule is N#Cc1ccsc1NC(=O)CCSc1nnnn1-c1ccccc1. The Bertz CT molecular complexity index is 867. The summed E-state index contributed by atoms with van der Waals surface area (Å²) in [7, 11) is 0. The molecule has 0 aliphatic heterocycles. The van der Waals surface area contributed by atoms with Gasteiger partial charge in [0, 0.05) is 12.2 Å². The molecule has 0 atom stereocenters. The van der Waals surface area contributed by atoms with Crippen LogP contribution < -0.4 is 5.32 Å². The van der Waals surface area contributed by atoms with E-state index in [2.05, 4.69) is 20.8 Å². The van der Waals surface area contributed by atoms with Gasteiger partial charge in [-0.3, -0.25) is 4.79 Å². The maximum Gasteiger partial charge on any atom is 0.225 e. The van der Waals surface area contributed by atoms with Gasteiger partial charge in [-0.05, 0) is 34.0 Å². The zero-order valence-electron chi connectivity index (χ0n) is 12.4. The van der Waals surface area contributed by atoms with Crippen molar-refractivity contribution >= 4 is 34.0 Å². The molecule has 9 heteroatoms. The minimum atomic E-state index is -0.139. The standard InChI is InChI=1S/C15H12N6OS2/c16-10-11-6-8-23-14(11)17-13(22)7-9-24-15-18-19-20-21(15)12-4-2-1-3-5-12/h1-6,8H,7,9H2,(H,17,22). The number of nitrogens with zero attached hydrogens (tertiary/aromatic N) is 5. The first-order valence-electron chi connectivity index (χ1n) is 7.02. The van der Waals surface area contributed by atoms with E-state index in [0.717, 1.165) is 5.69 Å². The van der Waals surface area contributed by atoms with Gasteiger partial charge in [0.05, 0.1) is 11.3 Å². The Morgan fingerprint density at radius 3 is 2.96 bits per heavy atom. The predicted molar refractivity (Wildman–Crippen MR) is 92.2 cm³/mol. The van der Waals surface area contributed by atoms with E-state index in [9.17, 15) is 4.79 Å². The van der Waals surface area contributed by atoms with E-state index in [1.165, 1.54) is 23.1 Å². The summed E-state index contributed by atoms with van der Waals surface area (Å²) in [6.07, 6.45) is 0.301. The number of nitrogens with one attached hydrogen (secondary N) is 1. The lowest BCUT2D eigenvalue weighted by atomic mass is 10.3. The van der Waals surface area contributed by atoms with E-state index < -0.39 is 0 Å². The molecule has 3 rings (SSSR count). The highest BCUT2D eigenvalue weighted by atomic mass is 32.2. The maximum absolute atomic E-state index is 12.0. The molecule has 0 spiro atoms. The van der Waals surface area contributed by atoms with Crippen LogP contribution in [0.25, 0.3) is 5.69 Å². The lowest BCUT2D eigenvalue weighted by Crippen LogP contribution is -2.12. The number of hydrogen-bond acceptors (Lipinski definition) is 7. The van der Waals surface area contributed by atoms with Crippen molar-refractivity contribution in [3.63, 3.8) is 0 Å². The predicted octanol–water partition coefficient (Wildman–Crippen LogP) is 2.72. The second kappa shape index (κ2) is 7.72. The number of amides is 1. The number of nitriles is 1. The number of carbonyl (C=O) groups excluding carboxylic acids is 1. The molecule has 0 radical (unpaired) electrons. The van der Waals surface area contributed by atoms with Crippen molar-refractivity contribution in [2.24, 2.45) is 0 Å². The van der Waals surface area contributed by atoms with E-state index in [0.29, 0.717) is 27.9 Å². The first-order valence-corrected chi connectivity index (χ1v) is 8.88. The number of hydrogen-bond donors (Lipinski definition) is 1. The number of thioether (sulfide) groups is 1. The normalized spacial score (nSPS) is 10.3. The molecule has 1 amide bonds. The van der Waals surface area contributed by atoms with Gasteiger partial charge in [0.1, 0.15) is 11.1 Å². The van der Waals surface area contributed by atoms with Crippen LogP contribution in [0.4, 0.5) is 5.00 Å². The van der Waals surface area contributed by atoms with Crippen LogP contribution >= 0.6 is 23.1 Å². The molecule has 3 aromatic rings. The van der Waals surface area contributed by atoms with Crippen molar-refractivity contribution in [3.05, 3.63) is 47.3 Å². The fraction of sp³-hybridized carbons (Fsp3) is 0.133. The third-order valence-corrected chi connectivity index (χ3v) is 4.79. The minimum absolute atomic E-state index is 0.139. The second-order valence-electron chi connectivity index (χ2n) is 4.63. The van der Waals surface area contributed by atoms with Crippen LogP contribution in [0.2, 0.25) is 0 Å². The molecular formula is C15H12N6OS2. The van der Waals surface area contributed by atoms with Crippen LogP contribution in [-0.4, -0.2) is 31.9 Å². The van der Waals surface area contributed by atoms with Crippen LogP contribution in [0.5, 0.6) is 0 Å². The third-order valence-electron chi connectivity index (χ3n) is 3.04. The zero-order chi connectivity index (χ0) is 16.8. The summed E-state index contributed by atoms with van der Waals surface area (Å²) in [6.45, 7) is 0. The molecule has 1 aromatic carbocycles. The Morgan fingerprint density at radius 1 is 1.33 bits per heavy atom. The number of benzene rings is 1. The summed E-state index contributed by atoms with van der Waals surface area (Å²) < 4.78 is 1.63. The highest BCUT2D eigenvalue weighted by Crippen LogP contribution is 2.23. The number of rotatable bonds is 6. The van der Waals surface area contributed by atoms with Crippen LogP contribution in [0.3, 0.4) is 0 Å². The number of thiophene rings is 1. The Morgan fingerprint density at radius 2 is 2.17 bits per heavy atom. The van der Waals surface area contributed by atoms with E-state index in [-0.39, 0.29) is 5.91 Å². The number of anilines is 1. The average molecular weight is 356 g/mol. The molecule has 120 valence electrons. The molecule has 0 aliphatic rings. The molecule has 0 aliphatic carbocycles. The average Bonchev–Trinajstić information content (AvgIpc) is 3.24. The first-order chi connectivity index (χ1) is 11.8. The Kier molecular flexibility index (Phi) is 5.20. The van der Waals surface area contributed by atoms with Gasteiger partial charge in [-0.2, -0.15) is 9.94 Å². The van der Waals surface area contributed by atoms with Gasteiger partial charge in [-0.25, -0.2) is 0 Å². The molecule has 1 N–H and O–H groups in total. The summed E-state index contributed by atoms with van der Waals surface area (Å²) in [5.74, 6) is 0.395. The van der Waals surface area contributed by atoms with E-state index in [1.54, 1.807) is 16.1 Å². The van der Waals surface area contributed by atoms with E-state index in [4.69, 9.17) is 5.26 Å². The van der Waals surface area contributed by atoms with Crippen molar-refractivity contribution in [1.82, 2.24) is 20.2 Å². The molecule has 0 unspecified atom stereocenters. The zero-order valence-corrected chi connectivity index (χ0v) is 14.0. The fourth-order valence-electron chi connectivity index (χ4n) is 1.92. The highest BCUT2D eigenvalue weighted by molar-refractivity contribution is 7.99. The minimum Gasteiger partial charge on any atom is -0.317 e. The van der Waals surface area contributed by atoms with Gasteiger partial charge in [-0.15, -0.1) is 16.4 Å². The van der Waals surface area contributed by atoms with Crippen LogP contribution in [0, 0.1) is 11.3 Å². The lowest BCUT2D eigenvalue weighted by molar-refractivity contribution is -0.115. The van der Waals surface area contributed by atoms with Crippen molar-refractivity contribution in [2.75, 3.05) is 11.1 Å². The lowest BCUT2D eigenvalue weighted by Gasteiger charge is -2.04. The van der Waals surface area contributed by atoms with Gasteiger partial charge in [0.15, 0.2) is 0 Å². The smallest absolute Gasteiger partial charge is 0.225 e. The molecule has 0 bridgehead atoms. The monoisotopic (exact) mass is 356 g/mol. The number of aromatic nitrogens is 4. The molecule has 2 heterocycles. The number of carbonyl (C=O) groups is 1. The quantitative estimate of drug-likeness (QED) is 0.682. The van der Waals surface area contributed by atoms with Gasteiger partial charge < -0.3 is 5.32 Å². The highest BCUT2D eigenvalue weighted by Gasteiger charge is 2.11. The second-order valence-corrected chi connectivity index (χ2v) is 6.61. The van der Waals surface area contributed by atoms with Crippen LogP contribution in [0.15, 0.2) is 46.9 Å².